The number of aliphatic hydroxyl groups is 2. The van der Waals surface area contributed by atoms with Crippen molar-refractivity contribution in [3.8, 4) is 0 Å². The molecule has 0 fully saturated rings. The number of benzene rings is 1. The Balaban J connectivity index is 0.000000370. The number of aryl methyl sites for hydroxylation is 1. The van der Waals surface area contributed by atoms with Crippen molar-refractivity contribution in [1.29, 1.82) is 0 Å². The Kier molecular flexibility index (Phi) is 6.79. The molecule has 6 nitrogen and oxygen atoms in total. The molecule has 2 atom stereocenters. The van der Waals surface area contributed by atoms with Crippen molar-refractivity contribution in [1.82, 2.24) is 0 Å². The summed E-state index contributed by atoms with van der Waals surface area (Å²) in [7, 11) is -0.723. The Morgan fingerprint density at radius 1 is 1.05 bits per heavy atom. The van der Waals surface area contributed by atoms with E-state index < -0.39 is 22.6 Å². The molecule has 1 rings (SSSR count). The van der Waals surface area contributed by atoms with Crippen LogP contribution in [0.5, 0.6) is 0 Å². The first kappa shape index (κ1) is 19.0. The summed E-state index contributed by atoms with van der Waals surface area (Å²) in [6, 6.07) is 5.78. The maximum atomic E-state index is 10.4. The van der Waals surface area contributed by atoms with Crippen LogP contribution in [0.15, 0.2) is 29.2 Å². The fraction of sp³-hybridized carbons (Fsp3) is 0.538. The van der Waals surface area contributed by atoms with E-state index in [1.165, 1.54) is 12.1 Å². The predicted octanol–water partition coefficient (Wildman–Crippen LogP) is 0.639. The number of hydrogen-bond donors (Lipinski definition) is 2. The van der Waals surface area contributed by atoms with Crippen LogP contribution in [0.1, 0.15) is 19.4 Å². The summed E-state index contributed by atoms with van der Waals surface area (Å²) in [5, 5.41) is 18.1. The molecule has 20 heavy (non-hydrogen) atoms. The summed E-state index contributed by atoms with van der Waals surface area (Å²) in [6.07, 6.45) is -1.05. The van der Waals surface area contributed by atoms with Gasteiger partial charge in [0, 0.05) is 13.8 Å². The first-order chi connectivity index (χ1) is 8.89. The Hall–Kier alpha value is -0.990. The van der Waals surface area contributed by atoms with Crippen LogP contribution in [0.3, 0.4) is 0 Å². The van der Waals surface area contributed by atoms with Crippen molar-refractivity contribution in [2.24, 2.45) is 0 Å². The highest BCUT2D eigenvalue weighted by molar-refractivity contribution is 7.85. The molecule has 0 aliphatic heterocycles. The second-order valence-electron chi connectivity index (χ2n) is 5.16. The van der Waals surface area contributed by atoms with Gasteiger partial charge in [-0.05, 0) is 19.1 Å². The van der Waals surface area contributed by atoms with E-state index in [0.29, 0.717) is 0 Å². The van der Waals surface area contributed by atoms with Gasteiger partial charge in [-0.3, -0.25) is 4.48 Å². The number of nitrogens with zero attached hydrogens (tertiary/aromatic N) is 1. The van der Waals surface area contributed by atoms with Crippen LogP contribution in [-0.2, 0) is 10.1 Å². The van der Waals surface area contributed by atoms with Gasteiger partial charge in [-0.2, -0.15) is 0 Å². The normalized spacial score (nSPS) is 15.0. The molecule has 2 unspecified atom stereocenters. The van der Waals surface area contributed by atoms with Gasteiger partial charge < -0.3 is 14.8 Å². The molecule has 0 aliphatic rings. The zero-order chi connectivity index (χ0) is 16.1. The average molecular weight is 305 g/mol. The van der Waals surface area contributed by atoms with Crippen molar-refractivity contribution < 1.29 is 27.7 Å². The Morgan fingerprint density at radius 2 is 1.40 bits per heavy atom. The van der Waals surface area contributed by atoms with Crippen molar-refractivity contribution in [3.05, 3.63) is 29.8 Å². The van der Waals surface area contributed by atoms with E-state index in [-0.39, 0.29) is 9.38 Å². The lowest BCUT2D eigenvalue weighted by Gasteiger charge is -2.35. The number of rotatable bonds is 3. The minimum atomic E-state index is -4.27. The molecular weight excluding hydrogens is 282 g/mol. The van der Waals surface area contributed by atoms with Crippen molar-refractivity contribution in [2.45, 2.75) is 38.1 Å². The first-order valence-electron chi connectivity index (χ1n) is 6.11. The molecule has 0 aromatic heterocycles. The van der Waals surface area contributed by atoms with E-state index >= 15 is 0 Å². The van der Waals surface area contributed by atoms with Crippen LogP contribution >= 0.6 is 0 Å². The molecule has 0 bridgehead atoms. The van der Waals surface area contributed by atoms with E-state index in [2.05, 4.69) is 0 Å². The zero-order valence-corrected chi connectivity index (χ0v) is 13.3. The average Bonchev–Trinajstić information content (AvgIpc) is 2.28. The smallest absolute Gasteiger partial charge is 0.189 e. The third-order valence-electron chi connectivity index (χ3n) is 3.24. The largest absolute Gasteiger partial charge is 0.744 e. The van der Waals surface area contributed by atoms with Gasteiger partial charge in [0.1, 0.15) is 10.1 Å². The second kappa shape index (κ2) is 7.14. The maximum Gasteiger partial charge on any atom is 0.189 e. The van der Waals surface area contributed by atoms with Gasteiger partial charge in [0.15, 0.2) is 12.5 Å². The minimum Gasteiger partial charge on any atom is -0.744 e. The third kappa shape index (κ3) is 5.98. The van der Waals surface area contributed by atoms with Crippen LogP contribution in [0.2, 0.25) is 0 Å². The van der Waals surface area contributed by atoms with Crippen LogP contribution in [0, 0.1) is 6.92 Å². The molecule has 1 aromatic carbocycles. The highest BCUT2D eigenvalue weighted by atomic mass is 32.2. The molecule has 2 N–H and O–H groups in total. The number of quaternary nitrogens is 1. The molecule has 0 radical (unpaired) electrons. The summed E-state index contributed by atoms with van der Waals surface area (Å²) in [5.74, 6) is 0. The fourth-order valence-electron chi connectivity index (χ4n) is 1.02. The van der Waals surface area contributed by atoms with Crippen LogP contribution in [0.4, 0.5) is 0 Å². The molecule has 7 heteroatoms. The van der Waals surface area contributed by atoms with Gasteiger partial charge in [0.05, 0.1) is 19.0 Å². The Morgan fingerprint density at radius 3 is 1.60 bits per heavy atom. The molecule has 116 valence electrons. The summed E-state index contributed by atoms with van der Waals surface area (Å²) < 4.78 is 31.4. The van der Waals surface area contributed by atoms with Gasteiger partial charge in [0.2, 0.25) is 0 Å². The monoisotopic (exact) mass is 305 g/mol. The molecule has 0 amide bonds. The molecule has 0 heterocycles. The lowest BCUT2D eigenvalue weighted by molar-refractivity contribution is -0.974. The van der Waals surface area contributed by atoms with Crippen LogP contribution < -0.4 is 0 Å². The molecule has 1 aromatic rings. The quantitative estimate of drug-likeness (QED) is 0.485. The van der Waals surface area contributed by atoms with Gasteiger partial charge in [0.25, 0.3) is 0 Å². The third-order valence-corrected chi connectivity index (χ3v) is 4.09. The zero-order valence-electron chi connectivity index (χ0n) is 12.4. The molecule has 0 aliphatic carbocycles. The van der Waals surface area contributed by atoms with Crippen molar-refractivity contribution in [3.63, 3.8) is 0 Å². The molecular formula is C13H23NO5S. The number of aliphatic hydroxyl groups excluding tert-OH is 2. The lowest BCUT2D eigenvalue weighted by Crippen LogP contribution is -2.53. The lowest BCUT2D eigenvalue weighted by atomic mass is 10.2. The first-order valence-corrected chi connectivity index (χ1v) is 7.52. The standard InChI is InChI=1S/C7H8O3S.C6H16NO2/c1-6-2-4-7(5-3-6)11(8,9)10;1-5(8)7(3,4)6(2)9/h2-5H,1H3,(H,8,9,10);5-6,8-9H,1-4H3/q;+1/p-1. The van der Waals surface area contributed by atoms with E-state index in [4.69, 9.17) is 10.2 Å². The van der Waals surface area contributed by atoms with Gasteiger partial charge >= 0.3 is 0 Å². The molecule has 0 saturated carbocycles. The summed E-state index contributed by atoms with van der Waals surface area (Å²) >= 11 is 0. The highest BCUT2D eigenvalue weighted by Crippen LogP contribution is 2.08. The number of hydrogen-bond acceptors (Lipinski definition) is 5. The fourth-order valence-corrected chi connectivity index (χ4v) is 1.49. The van der Waals surface area contributed by atoms with Gasteiger partial charge in [-0.15, -0.1) is 0 Å². The summed E-state index contributed by atoms with van der Waals surface area (Å²) in [6.45, 7) is 5.14. The van der Waals surface area contributed by atoms with Crippen molar-refractivity contribution >= 4 is 10.1 Å². The van der Waals surface area contributed by atoms with Gasteiger partial charge in [-0.1, -0.05) is 17.7 Å². The van der Waals surface area contributed by atoms with Crippen molar-refractivity contribution in [2.75, 3.05) is 14.1 Å². The summed E-state index contributed by atoms with van der Waals surface area (Å²) in [5.41, 5.74) is 0.928. The molecule has 0 spiro atoms. The van der Waals surface area contributed by atoms with Crippen LogP contribution in [-0.4, -0.2) is 54.2 Å². The Labute approximate surface area is 120 Å². The highest BCUT2D eigenvalue weighted by Gasteiger charge is 2.26. The molecule has 0 saturated heterocycles. The Bertz CT molecular complexity index is 496. The SMILES string of the molecule is CC(O)[N+](C)(C)C(C)O.Cc1ccc(S(=O)(=O)[O-])cc1. The van der Waals surface area contributed by atoms with E-state index in [1.54, 1.807) is 40.1 Å². The van der Waals surface area contributed by atoms with Gasteiger partial charge in [-0.25, -0.2) is 8.42 Å². The summed E-state index contributed by atoms with van der Waals surface area (Å²) in [4.78, 5) is -0.178. The predicted molar refractivity (Wildman–Crippen MR) is 74.6 cm³/mol. The van der Waals surface area contributed by atoms with E-state index in [0.717, 1.165) is 5.56 Å². The van der Waals surface area contributed by atoms with Crippen LogP contribution in [0.25, 0.3) is 0 Å². The van der Waals surface area contributed by atoms with E-state index in [1.807, 2.05) is 6.92 Å². The minimum absolute atomic E-state index is 0.178. The van der Waals surface area contributed by atoms with E-state index in [9.17, 15) is 13.0 Å². The second-order valence-corrected chi connectivity index (χ2v) is 6.54. The maximum absolute atomic E-state index is 10.4. The topological polar surface area (TPSA) is 97.7 Å².